The van der Waals surface area contributed by atoms with Gasteiger partial charge in [0.1, 0.15) is 17.2 Å². The van der Waals surface area contributed by atoms with Crippen molar-refractivity contribution in [3.8, 4) is 17.2 Å². The SMILES string of the molecule is COCCN1CCC(c2ccccc2)(c2cc(CCCOc3ccc(CNCC(O)c4ccc(O)c5[nH]c(=O)ccc45)cc3)ccc2O)CC1. The minimum Gasteiger partial charge on any atom is -0.508 e. The van der Waals surface area contributed by atoms with Gasteiger partial charge in [0, 0.05) is 49.2 Å². The first-order valence-corrected chi connectivity index (χ1v) is 17.4. The number of phenolic OH excluding ortho intramolecular Hbond substituents is 2. The predicted octanol–water partition coefficient (Wildman–Crippen LogP) is 5.80. The first-order chi connectivity index (χ1) is 24.4. The molecule has 5 N–H and O–H groups in total. The molecule has 0 spiro atoms. The number of aliphatic hydroxyl groups is 1. The van der Waals surface area contributed by atoms with Crippen molar-refractivity contribution < 1.29 is 24.8 Å². The number of fused-ring (bicyclic) bond motifs is 1. The number of pyridine rings is 1. The van der Waals surface area contributed by atoms with Gasteiger partial charge in [-0.2, -0.15) is 0 Å². The molecule has 2 heterocycles. The van der Waals surface area contributed by atoms with Crippen LogP contribution in [0.15, 0.2) is 102 Å². The molecule has 1 atom stereocenters. The molecule has 262 valence electrons. The molecule has 5 aromatic rings. The number of aliphatic hydroxyl groups excluding tert-OH is 1. The number of aryl methyl sites for hydroxylation is 1. The summed E-state index contributed by atoms with van der Waals surface area (Å²) in [4.78, 5) is 16.8. The number of likely N-dealkylation sites (tertiary alicyclic amines) is 1. The highest BCUT2D eigenvalue weighted by atomic mass is 16.5. The molecule has 1 fully saturated rings. The number of aromatic amines is 1. The Morgan fingerprint density at radius 3 is 2.38 bits per heavy atom. The van der Waals surface area contributed by atoms with E-state index in [2.05, 4.69) is 45.5 Å². The van der Waals surface area contributed by atoms with Crippen molar-refractivity contribution in [3.63, 3.8) is 0 Å². The fourth-order valence-electron chi connectivity index (χ4n) is 7.15. The lowest BCUT2D eigenvalue weighted by Crippen LogP contribution is -2.44. The number of ether oxygens (including phenoxy) is 2. The second kappa shape index (κ2) is 16.4. The largest absolute Gasteiger partial charge is 0.508 e. The fourth-order valence-corrected chi connectivity index (χ4v) is 7.15. The standard InChI is InChI=1S/C41H47N3O6/c1-49-25-23-44-21-19-41(20-22-44,31-7-3-2-4-8-31)35-26-29(11-16-36(35)45)6-5-24-50-32-12-9-30(10-13-32)27-42-28-38(47)33-14-17-37(46)40-34(33)15-18-39(48)43-40/h2-4,7-18,26,38,42,45-47H,5-6,19-25,27-28H2,1H3,(H,43,48). The second-order valence-corrected chi connectivity index (χ2v) is 13.2. The van der Waals surface area contributed by atoms with E-state index >= 15 is 0 Å². The van der Waals surface area contributed by atoms with E-state index in [4.69, 9.17) is 9.47 Å². The number of hydrogen-bond acceptors (Lipinski definition) is 8. The van der Waals surface area contributed by atoms with Crippen molar-refractivity contribution in [2.24, 2.45) is 0 Å². The number of hydrogen-bond donors (Lipinski definition) is 5. The van der Waals surface area contributed by atoms with Gasteiger partial charge < -0.3 is 40.0 Å². The third-order valence-electron chi connectivity index (χ3n) is 9.96. The summed E-state index contributed by atoms with van der Waals surface area (Å²) in [5.41, 5.74) is 4.91. The molecular weight excluding hydrogens is 630 g/mol. The Labute approximate surface area is 293 Å². The number of nitrogens with zero attached hydrogens (tertiary/aromatic N) is 1. The molecule has 1 unspecified atom stereocenters. The Balaban J connectivity index is 1.00. The van der Waals surface area contributed by atoms with Crippen LogP contribution < -0.4 is 15.6 Å². The van der Waals surface area contributed by atoms with Crippen LogP contribution in [-0.4, -0.2) is 71.7 Å². The monoisotopic (exact) mass is 677 g/mol. The van der Waals surface area contributed by atoms with Gasteiger partial charge in [-0.15, -0.1) is 0 Å². The Morgan fingerprint density at radius 2 is 1.62 bits per heavy atom. The minimum absolute atomic E-state index is 0.0315. The fraction of sp³-hybridized carbons (Fsp3) is 0.341. The van der Waals surface area contributed by atoms with Crippen LogP contribution in [0.3, 0.4) is 0 Å². The van der Waals surface area contributed by atoms with Crippen molar-refractivity contribution in [1.29, 1.82) is 0 Å². The second-order valence-electron chi connectivity index (χ2n) is 13.2. The first-order valence-electron chi connectivity index (χ1n) is 17.4. The Morgan fingerprint density at radius 1 is 0.880 bits per heavy atom. The average molecular weight is 678 g/mol. The molecule has 0 radical (unpaired) electrons. The number of aromatic hydroxyl groups is 2. The number of piperidine rings is 1. The summed E-state index contributed by atoms with van der Waals surface area (Å²) >= 11 is 0. The Bertz CT molecular complexity index is 1900. The van der Waals surface area contributed by atoms with E-state index in [1.165, 1.54) is 23.3 Å². The molecule has 1 aromatic heterocycles. The summed E-state index contributed by atoms with van der Waals surface area (Å²) in [6.07, 6.45) is 2.74. The summed E-state index contributed by atoms with van der Waals surface area (Å²) in [7, 11) is 1.74. The van der Waals surface area contributed by atoms with Crippen LogP contribution in [0.2, 0.25) is 0 Å². The average Bonchev–Trinajstić information content (AvgIpc) is 3.14. The molecule has 1 aliphatic heterocycles. The lowest BCUT2D eigenvalue weighted by molar-refractivity contribution is 0.117. The van der Waals surface area contributed by atoms with Gasteiger partial charge in [0.15, 0.2) is 0 Å². The highest BCUT2D eigenvalue weighted by Gasteiger charge is 2.39. The molecule has 0 aliphatic carbocycles. The topological polar surface area (TPSA) is 127 Å². The number of rotatable bonds is 15. The molecule has 0 bridgehead atoms. The van der Waals surface area contributed by atoms with E-state index in [0.717, 1.165) is 68.8 Å². The van der Waals surface area contributed by atoms with Crippen LogP contribution in [-0.2, 0) is 23.1 Å². The van der Waals surface area contributed by atoms with Crippen LogP contribution in [0.25, 0.3) is 10.9 Å². The molecule has 0 amide bonds. The van der Waals surface area contributed by atoms with Crippen molar-refractivity contribution in [3.05, 3.63) is 135 Å². The molecule has 0 saturated carbocycles. The first kappa shape index (κ1) is 35.2. The summed E-state index contributed by atoms with van der Waals surface area (Å²) in [6, 6.07) is 30.8. The Kier molecular flexibility index (Phi) is 11.5. The van der Waals surface area contributed by atoms with Gasteiger partial charge in [0.05, 0.1) is 24.8 Å². The summed E-state index contributed by atoms with van der Waals surface area (Å²) < 4.78 is 11.4. The highest BCUT2D eigenvalue weighted by molar-refractivity contribution is 5.87. The number of methoxy groups -OCH3 is 1. The van der Waals surface area contributed by atoms with Crippen LogP contribution in [0, 0.1) is 0 Å². The van der Waals surface area contributed by atoms with Gasteiger partial charge >= 0.3 is 0 Å². The van der Waals surface area contributed by atoms with Crippen molar-refractivity contribution in [1.82, 2.24) is 15.2 Å². The molecule has 1 aliphatic rings. The number of H-pyrrole nitrogens is 1. The van der Waals surface area contributed by atoms with Crippen molar-refractivity contribution in [2.75, 3.05) is 46.5 Å². The predicted molar refractivity (Wildman–Crippen MR) is 196 cm³/mol. The molecule has 6 rings (SSSR count). The third kappa shape index (κ3) is 8.20. The zero-order chi connectivity index (χ0) is 34.9. The van der Waals surface area contributed by atoms with E-state index < -0.39 is 6.10 Å². The molecule has 9 heteroatoms. The maximum atomic E-state index is 11.7. The Hall–Kier alpha value is -4.67. The summed E-state index contributed by atoms with van der Waals surface area (Å²) in [5.74, 6) is 1.12. The summed E-state index contributed by atoms with van der Waals surface area (Å²) in [6.45, 7) is 4.98. The van der Waals surface area contributed by atoms with E-state index in [-0.39, 0.29) is 16.7 Å². The van der Waals surface area contributed by atoms with E-state index in [0.29, 0.717) is 41.9 Å². The van der Waals surface area contributed by atoms with Crippen molar-refractivity contribution >= 4 is 10.9 Å². The van der Waals surface area contributed by atoms with Crippen molar-refractivity contribution in [2.45, 2.75) is 43.7 Å². The van der Waals surface area contributed by atoms with Gasteiger partial charge in [-0.05, 0) is 91.4 Å². The number of aromatic nitrogens is 1. The maximum Gasteiger partial charge on any atom is 0.248 e. The lowest BCUT2D eigenvalue weighted by Gasteiger charge is -2.43. The molecule has 9 nitrogen and oxygen atoms in total. The van der Waals surface area contributed by atoms with Gasteiger partial charge in [-0.3, -0.25) is 4.79 Å². The quantitative estimate of drug-likeness (QED) is 0.0881. The van der Waals surface area contributed by atoms with Crippen LogP contribution in [0.4, 0.5) is 0 Å². The van der Waals surface area contributed by atoms with Gasteiger partial charge in [-0.25, -0.2) is 0 Å². The molecule has 50 heavy (non-hydrogen) atoms. The third-order valence-corrected chi connectivity index (χ3v) is 9.96. The molecule has 4 aromatic carbocycles. The summed E-state index contributed by atoms with van der Waals surface area (Å²) in [5, 5.41) is 36.0. The van der Waals surface area contributed by atoms with Gasteiger partial charge in [0.2, 0.25) is 5.56 Å². The van der Waals surface area contributed by atoms with Crippen LogP contribution in [0.5, 0.6) is 17.2 Å². The normalized spacial score (nSPS) is 15.2. The van der Waals surface area contributed by atoms with E-state index in [9.17, 15) is 20.1 Å². The molecular formula is C41H47N3O6. The zero-order valence-electron chi connectivity index (χ0n) is 28.6. The van der Waals surface area contributed by atoms with Gasteiger partial charge in [-0.1, -0.05) is 60.7 Å². The minimum atomic E-state index is -0.820. The zero-order valence-corrected chi connectivity index (χ0v) is 28.6. The number of benzene rings is 4. The van der Waals surface area contributed by atoms with Gasteiger partial charge in [0.25, 0.3) is 0 Å². The number of phenols is 2. The van der Waals surface area contributed by atoms with Crippen LogP contribution in [0.1, 0.15) is 53.2 Å². The number of nitrogens with one attached hydrogen (secondary N) is 2. The van der Waals surface area contributed by atoms with Crippen LogP contribution >= 0.6 is 0 Å². The smallest absolute Gasteiger partial charge is 0.248 e. The maximum absolute atomic E-state index is 11.7. The van der Waals surface area contributed by atoms with E-state index in [1.54, 1.807) is 19.2 Å². The highest BCUT2D eigenvalue weighted by Crippen LogP contribution is 2.45. The van der Waals surface area contributed by atoms with E-state index in [1.807, 2.05) is 42.5 Å². The lowest BCUT2D eigenvalue weighted by atomic mass is 9.67. The molecule has 1 saturated heterocycles.